The molecule has 0 saturated heterocycles. The molecule has 24 heavy (non-hydrogen) atoms. The SMILES string of the molecule is CCOc1ccccc1NC(=O)C(C)Sc1ccc([N+](=O)[O-])cc1. The minimum atomic E-state index is -0.449. The molecule has 126 valence electrons. The van der Waals surface area contributed by atoms with Gasteiger partial charge in [-0.3, -0.25) is 14.9 Å². The van der Waals surface area contributed by atoms with Crippen LogP contribution in [0.15, 0.2) is 53.4 Å². The molecule has 0 saturated carbocycles. The molecule has 2 aromatic rings. The molecule has 1 N–H and O–H groups in total. The molecule has 2 aromatic carbocycles. The Kier molecular flexibility index (Phi) is 6.20. The molecule has 7 heteroatoms. The van der Waals surface area contributed by atoms with E-state index in [-0.39, 0.29) is 16.8 Å². The third kappa shape index (κ3) is 4.73. The molecule has 0 heterocycles. The van der Waals surface area contributed by atoms with Gasteiger partial charge in [0.2, 0.25) is 5.91 Å². The Morgan fingerprint density at radius 1 is 1.25 bits per heavy atom. The molecular formula is C17H18N2O4S. The van der Waals surface area contributed by atoms with E-state index in [9.17, 15) is 14.9 Å². The number of anilines is 1. The fourth-order valence-corrected chi connectivity index (χ4v) is 2.86. The lowest BCUT2D eigenvalue weighted by Gasteiger charge is -2.14. The number of carbonyl (C=O) groups is 1. The number of nitrogens with zero attached hydrogens (tertiary/aromatic N) is 1. The lowest BCUT2D eigenvalue weighted by molar-refractivity contribution is -0.384. The van der Waals surface area contributed by atoms with Crippen LogP contribution in [-0.4, -0.2) is 22.7 Å². The van der Waals surface area contributed by atoms with Crippen LogP contribution in [0.3, 0.4) is 0 Å². The highest BCUT2D eigenvalue weighted by Crippen LogP contribution is 2.28. The third-order valence-electron chi connectivity index (χ3n) is 3.17. The Balaban J connectivity index is 2.01. The Morgan fingerprint density at radius 3 is 2.54 bits per heavy atom. The van der Waals surface area contributed by atoms with Crippen molar-refractivity contribution in [1.82, 2.24) is 0 Å². The van der Waals surface area contributed by atoms with Crippen LogP contribution in [0.4, 0.5) is 11.4 Å². The number of nitro groups is 1. The third-order valence-corrected chi connectivity index (χ3v) is 4.29. The molecule has 0 aliphatic heterocycles. The average Bonchev–Trinajstić information content (AvgIpc) is 2.57. The highest BCUT2D eigenvalue weighted by molar-refractivity contribution is 8.00. The lowest BCUT2D eigenvalue weighted by atomic mass is 10.3. The van der Waals surface area contributed by atoms with E-state index in [1.807, 2.05) is 19.1 Å². The van der Waals surface area contributed by atoms with Crippen LogP contribution in [0.5, 0.6) is 5.75 Å². The quantitative estimate of drug-likeness (QED) is 0.463. The van der Waals surface area contributed by atoms with Crippen molar-refractivity contribution in [3.05, 3.63) is 58.6 Å². The van der Waals surface area contributed by atoms with Gasteiger partial charge in [0.15, 0.2) is 0 Å². The first-order valence-electron chi connectivity index (χ1n) is 7.45. The van der Waals surface area contributed by atoms with Crippen LogP contribution in [0.25, 0.3) is 0 Å². The summed E-state index contributed by atoms with van der Waals surface area (Å²) in [4.78, 5) is 23.4. The van der Waals surface area contributed by atoms with Crippen LogP contribution >= 0.6 is 11.8 Å². The number of para-hydroxylation sites is 2. The summed E-state index contributed by atoms with van der Waals surface area (Å²) in [5, 5.41) is 13.1. The fraction of sp³-hybridized carbons (Fsp3) is 0.235. The van der Waals surface area contributed by atoms with Gasteiger partial charge in [-0.15, -0.1) is 11.8 Å². The van der Waals surface area contributed by atoms with Crippen molar-refractivity contribution in [3.63, 3.8) is 0 Å². The summed E-state index contributed by atoms with van der Waals surface area (Å²) >= 11 is 1.34. The first kappa shape index (κ1) is 17.8. The number of rotatable bonds is 7. The van der Waals surface area contributed by atoms with Gasteiger partial charge in [0, 0.05) is 17.0 Å². The molecule has 0 aliphatic rings. The van der Waals surface area contributed by atoms with E-state index in [1.165, 1.54) is 23.9 Å². The molecule has 0 bridgehead atoms. The van der Waals surface area contributed by atoms with E-state index in [2.05, 4.69) is 5.32 Å². The van der Waals surface area contributed by atoms with Crippen molar-refractivity contribution in [1.29, 1.82) is 0 Å². The first-order valence-corrected chi connectivity index (χ1v) is 8.33. The summed E-state index contributed by atoms with van der Waals surface area (Å²) in [6.45, 7) is 4.18. The van der Waals surface area contributed by atoms with Crippen molar-refractivity contribution in [3.8, 4) is 5.75 Å². The number of ether oxygens (including phenoxy) is 1. The van der Waals surface area contributed by atoms with Crippen LogP contribution in [0, 0.1) is 10.1 Å². The van der Waals surface area contributed by atoms with Gasteiger partial charge in [-0.25, -0.2) is 0 Å². The second kappa shape index (κ2) is 8.35. The summed E-state index contributed by atoms with van der Waals surface area (Å²) in [6.07, 6.45) is 0. The molecular weight excluding hydrogens is 328 g/mol. The monoisotopic (exact) mass is 346 g/mol. The number of nitro benzene ring substituents is 1. The largest absolute Gasteiger partial charge is 0.492 e. The van der Waals surface area contributed by atoms with Gasteiger partial charge < -0.3 is 10.1 Å². The zero-order chi connectivity index (χ0) is 17.5. The number of carbonyl (C=O) groups excluding carboxylic acids is 1. The van der Waals surface area contributed by atoms with Gasteiger partial charge in [-0.2, -0.15) is 0 Å². The van der Waals surface area contributed by atoms with Crippen LogP contribution in [0.2, 0.25) is 0 Å². The summed E-state index contributed by atoms with van der Waals surface area (Å²) in [6, 6.07) is 13.4. The van der Waals surface area contributed by atoms with Crippen LogP contribution in [0.1, 0.15) is 13.8 Å². The summed E-state index contributed by atoms with van der Waals surface area (Å²) in [5.74, 6) is 0.464. The number of non-ortho nitro benzene ring substituents is 1. The maximum atomic E-state index is 12.4. The minimum absolute atomic E-state index is 0.0297. The van der Waals surface area contributed by atoms with Crippen molar-refractivity contribution in [2.45, 2.75) is 24.0 Å². The zero-order valence-electron chi connectivity index (χ0n) is 13.4. The number of amides is 1. The van der Waals surface area contributed by atoms with Crippen LogP contribution in [-0.2, 0) is 4.79 Å². The molecule has 6 nitrogen and oxygen atoms in total. The van der Waals surface area contributed by atoms with E-state index in [0.717, 1.165) is 4.90 Å². The predicted octanol–water partition coefficient (Wildman–Crippen LogP) is 4.11. The smallest absolute Gasteiger partial charge is 0.269 e. The molecule has 0 aliphatic carbocycles. The van der Waals surface area contributed by atoms with Crippen molar-refractivity contribution >= 4 is 29.0 Å². The Labute approximate surface area is 144 Å². The Hall–Kier alpha value is -2.54. The number of thioether (sulfide) groups is 1. The molecule has 0 fully saturated rings. The highest BCUT2D eigenvalue weighted by atomic mass is 32.2. The van der Waals surface area contributed by atoms with E-state index in [4.69, 9.17) is 4.74 Å². The second-order valence-electron chi connectivity index (χ2n) is 4.93. The van der Waals surface area contributed by atoms with E-state index in [0.29, 0.717) is 18.0 Å². The molecule has 1 atom stereocenters. The maximum absolute atomic E-state index is 12.4. The summed E-state index contributed by atoms with van der Waals surface area (Å²) in [7, 11) is 0. The number of benzene rings is 2. The standard InChI is InChI=1S/C17H18N2O4S/c1-3-23-16-7-5-4-6-15(16)18-17(20)12(2)24-14-10-8-13(9-11-14)19(21)22/h4-12H,3H2,1-2H3,(H,18,20). The highest BCUT2D eigenvalue weighted by Gasteiger charge is 2.17. The van der Waals surface area contributed by atoms with E-state index in [1.54, 1.807) is 31.2 Å². The molecule has 1 unspecified atom stereocenters. The second-order valence-corrected chi connectivity index (χ2v) is 6.34. The van der Waals surface area contributed by atoms with Gasteiger partial charge in [0.25, 0.3) is 5.69 Å². The van der Waals surface area contributed by atoms with Crippen LogP contribution < -0.4 is 10.1 Å². The van der Waals surface area contributed by atoms with Crippen molar-refractivity contribution in [2.24, 2.45) is 0 Å². The van der Waals surface area contributed by atoms with Gasteiger partial charge in [0.1, 0.15) is 5.75 Å². The number of nitrogens with one attached hydrogen (secondary N) is 1. The summed E-state index contributed by atoms with van der Waals surface area (Å²) < 4.78 is 5.49. The molecule has 0 aromatic heterocycles. The summed E-state index contributed by atoms with van der Waals surface area (Å²) in [5.41, 5.74) is 0.655. The van der Waals surface area contributed by atoms with Gasteiger partial charge >= 0.3 is 0 Å². The normalized spacial score (nSPS) is 11.6. The lowest BCUT2D eigenvalue weighted by Crippen LogP contribution is -2.22. The van der Waals surface area contributed by atoms with Crippen molar-refractivity contribution < 1.29 is 14.5 Å². The van der Waals surface area contributed by atoms with E-state index < -0.39 is 4.92 Å². The Morgan fingerprint density at radius 2 is 1.92 bits per heavy atom. The van der Waals surface area contributed by atoms with Gasteiger partial charge in [-0.1, -0.05) is 12.1 Å². The molecule has 2 rings (SSSR count). The Bertz CT molecular complexity index is 719. The fourth-order valence-electron chi connectivity index (χ4n) is 1.99. The first-order chi connectivity index (χ1) is 11.5. The zero-order valence-corrected chi connectivity index (χ0v) is 14.2. The average molecular weight is 346 g/mol. The number of hydrogen-bond acceptors (Lipinski definition) is 5. The molecule has 0 spiro atoms. The van der Waals surface area contributed by atoms with E-state index >= 15 is 0 Å². The molecule has 0 radical (unpaired) electrons. The molecule has 1 amide bonds. The van der Waals surface area contributed by atoms with Crippen molar-refractivity contribution in [2.75, 3.05) is 11.9 Å². The predicted molar refractivity (Wildman–Crippen MR) is 94.7 cm³/mol. The maximum Gasteiger partial charge on any atom is 0.269 e. The van der Waals surface area contributed by atoms with Gasteiger partial charge in [0.05, 0.1) is 22.5 Å². The van der Waals surface area contributed by atoms with Gasteiger partial charge in [-0.05, 0) is 38.1 Å². The number of hydrogen-bond donors (Lipinski definition) is 1. The topological polar surface area (TPSA) is 81.5 Å². The minimum Gasteiger partial charge on any atom is -0.492 e.